The standard InChI is InChI=1S/C24H24ClFN4OS/c25-21-14-22(30-11-2-1-3-12-30)29-24(28-21)32-16-18-5-4-6-19(13-18)23(31)27-15-17-7-9-20(26)10-8-17/h4-10,13-14H,1-3,11-12,15-16H2,(H,27,31). The number of hydrogen-bond acceptors (Lipinski definition) is 5. The second kappa shape index (κ2) is 10.8. The van der Waals surface area contributed by atoms with E-state index in [0.29, 0.717) is 28.2 Å². The lowest BCUT2D eigenvalue weighted by molar-refractivity contribution is 0.0951. The molecule has 0 spiro atoms. The Morgan fingerprint density at radius 1 is 1.03 bits per heavy atom. The normalized spacial score (nSPS) is 13.8. The maximum absolute atomic E-state index is 13.0. The molecule has 4 rings (SSSR count). The minimum absolute atomic E-state index is 0.174. The van der Waals surface area contributed by atoms with Gasteiger partial charge < -0.3 is 10.2 Å². The second-order valence-electron chi connectivity index (χ2n) is 7.68. The Hall–Kier alpha value is -2.64. The first-order valence-electron chi connectivity index (χ1n) is 10.6. The van der Waals surface area contributed by atoms with Gasteiger partial charge in [0, 0.05) is 37.0 Å². The van der Waals surface area contributed by atoms with E-state index >= 15 is 0 Å². The van der Waals surface area contributed by atoms with Gasteiger partial charge in [0.15, 0.2) is 5.16 Å². The number of amides is 1. The average Bonchev–Trinajstić information content (AvgIpc) is 2.82. The molecular weight excluding hydrogens is 447 g/mol. The van der Waals surface area contributed by atoms with Crippen LogP contribution < -0.4 is 10.2 Å². The SMILES string of the molecule is O=C(NCc1ccc(F)cc1)c1cccc(CSc2nc(Cl)cc(N3CCCCC3)n2)c1. The molecule has 0 aliphatic carbocycles. The fourth-order valence-electron chi connectivity index (χ4n) is 3.57. The summed E-state index contributed by atoms with van der Waals surface area (Å²) in [5, 5.41) is 3.94. The summed E-state index contributed by atoms with van der Waals surface area (Å²) in [4.78, 5) is 23.8. The highest BCUT2D eigenvalue weighted by Gasteiger charge is 2.15. The van der Waals surface area contributed by atoms with Crippen LogP contribution >= 0.6 is 23.4 Å². The molecule has 2 heterocycles. The summed E-state index contributed by atoms with van der Waals surface area (Å²) < 4.78 is 13.0. The maximum Gasteiger partial charge on any atom is 0.251 e. The van der Waals surface area contributed by atoms with E-state index in [1.807, 2.05) is 24.3 Å². The molecule has 0 atom stereocenters. The zero-order chi connectivity index (χ0) is 22.3. The highest BCUT2D eigenvalue weighted by Crippen LogP contribution is 2.26. The third-order valence-corrected chi connectivity index (χ3v) is 6.38. The summed E-state index contributed by atoms with van der Waals surface area (Å²) in [6.07, 6.45) is 3.59. The number of aromatic nitrogens is 2. The number of anilines is 1. The maximum atomic E-state index is 13.0. The van der Waals surface area contributed by atoms with E-state index in [-0.39, 0.29) is 11.7 Å². The van der Waals surface area contributed by atoms with Crippen molar-refractivity contribution in [2.75, 3.05) is 18.0 Å². The van der Waals surface area contributed by atoms with Gasteiger partial charge in [0.25, 0.3) is 5.91 Å². The molecule has 1 saturated heterocycles. The fraction of sp³-hybridized carbons (Fsp3) is 0.292. The number of piperidine rings is 1. The Bertz CT molecular complexity index is 1070. The molecule has 0 saturated carbocycles. The Labute approximate surface area is 196 Å². The summed E-state index contributed by atoms with van der Waals surface area (Å²) in [5.74, 6) is 1.03. The topological polar surface area (TPSA) is 58.1 Å². The predicted octanol–water partition coefficient (Wildman–Crippen LogP) is 5.48. The van der Waals surface area contributed by atoms with Crippen molar-refractivity contribution in [1.29, 1.82) is 0 Å². The van der Waals surface area contributed by atoms with Crippen LogP contribution in [0.25, 0.3) is 0 Å². The largest absolute Gasteiger partial charge is 0.356 e. The number of rotatable bonds is 7. The first-order valence-corrected chi connectivity index (χ1v) is 12.0. The van der Waals surface area contributed by atoms with Crippen LogP contribution in [-0.4, -0.2) is 29.0 Å². The number of carbonyl (C=O) groups is 1. The van der Waals surface area contributed by atoms with E-state index in [0.717, 1.165) is 30.0 Å². The van der Waals surface area contributed by atoms with Crippen LogP contribution in [0, 0.1) is 5.82 Å². The van der Waals surface area contributed by atoms with Crippen molar-refractivity contribution in [2.24, 2.45) is 0 Å². The van der Waals surface area contributed by atoms with Gasteiger partial charge in [-0.05, 0) is 54.7 Å². The van der Waals surface area contributed by atoms with Crippen molar-refractivity contribution >= 4 is 35.1 Å². The van der Waals surface area contributed by atoms with Crippen LogP contribution in [0.15, 0.2) is 59.8 Å². The molecule has 1 aliphatic rings. The molecule has 2 aromatic carbocycles. The zero-order valence-electron chi connectivity index (χ0n) is 17.6. The molecule has 1 N–H and O–H groups in total. The molecule has 3 aromatic rings. The number of carbonyl (C=O) groups excluding carboxylic acids is 1. The van der Waals surface area contributed by atoms with Gasteiger partial charge in [-0.15, -0.1) is 0 Å². The van der Waals surface area contributed by atoms with E-state index < -0.39 is 0 Å². The van der Waals surface area contributed by atoms with Crippen LogP contribution in [0.5, 0.6) is 0 Å². The van der Waals surface area contributed by atoms with Crippen molar-refractivity contribution in [3.63, 3.8) is 0 Å². The molecule has 1 fully saturated rings. The van der Waals surface area contributed by atoms with Gasteiger partial charge in [0.05, 0.1) is 0 Å². The minimum Gasteiger partial charge on any atom is -0.356 e. The molecule has 0 bridgehead atoms. The molecule has 0 unspecified atom stereocenters. The number of thioether (sulfide) groups is 1. The third kappa shape index (κ3) is 6.20. The number of benzene rings is 2. The van der Waals surface area contributed by atoms with Crippen LogP contribution in [0.2, 0.25) is 5.15 Å². The summed E-state index contributed by atoms with van der Waals surface area (Å²) in [7, 11) is 0. The van der Waals surface area contributed by atoms with Gasteiger partial charge in [0.1, 0.15) is 16.8 Å². The van der Waals surface area contributed by atoms with Gasteiger partial charge in [-0.3, -0.25) is 4.79 Å². The molecule has 0 radical (unpaired) electrons. The van der Waals surface area contributed by atoms with Gasteiger partial charge in [-0.25, -0.2) is 14.4 Å². The lowest BCUT2D eigenvalue weighted by Gasteiger charge is -2.27. The average molecular weight is 471 g/mol. The highest BCUT2D eigenvalue weighted by molar-refractivity contribution is 7.98. The summed E-state index contributed by atoms with van der Waals surface area (Å²) in [5.41, 5.74) is 2.41. The predicted molar refractivity (Wildman–Crippen MR) is 127 cm³/mol. The van der Waals surface area contributed by atoms with E-state index in [9.17, 15) is 9.18 Å². The lowest BCUT2D eigenvalue weighted by atomic mass is 10.1. The van der Waals surface area contributed by atoms with Crippen LogP contribution in [0.1, 0.15) is 40.7 Å². The van der Waals surface area contributed by atoms with Crippen molar-refractivity contribution in [3.05, 3.63) is 82.3 Å². The quantitative estimate of drug-likeness (QED) is 0.281. The molecule has 32 heavy (non-hydrogen) atoms. The first kappa shape index (κ1) is 22.6. The van der Waals surface area contributed by atoms with E-state index in [2.05, 4.69) is 20.2 Å². The first-order chi connectivity index (χ1) is 15.6. The Morgan fingerprint density at radius 2 is 1.81 bits per heavy atom. The summed E-state index contributed by atoms with van der Waals surface area (Å²) in [6, 6.07) is 15.4. The molecular formula is C24H24ClFN4OS. The van der Waals surface area contributed by atoms with Gasteiger partial charge in [0.2, 0.25) is 0 Å². The van der Waals surface area contributed by atoms with Crippen LogP contribution in [0.3, 0.4) is 0 Å². The molecule has 1 amide bonds. The Kier molecular flexibility index (Phi) is 7.60. The minimum atomic E-state index is -0.294. The molecule has 8 heteroatoms. The van der Waals surface area contributed by atoms with Gasteiger partial charge in [-0.2, -0.15) is 0 Å². The van der Waals surface area contributed by atoms with Crippen LogP contribution in [0.4, 0.5) is 10.2 Å². The summed E-state index contributed by atoms with van der Waals surface area (Å²) in [6.45, 7) is 2.33. The number of nitrogens with one attached hydrogen (secondary N) is 1. The number of halogens is 2. The van der Waals surface area contributed by atoms with Crippen molar-refractivity contribution < 1.29 is 9.18 Å². The number of nitrogens with zero attached hydrogens (tertiary/aromatic N) is 3. The van der Waals surface area contributed by atoms with E-state index in [4.69, 9.17) is 11.6 Å². The summed E-state index contributed by atoms with van der Waals surface area (Å²) >= 11 is 7.74. The second-order valence-corrected chi connectivity index (χ2v) is 9.01. The van der Waals surface area contributed by atoms with Crippen molar-refractivity contribution in [1.82, 2.24) is 15.3 Å². The van der Waals surface area contributed by atoms with E-state index in [1.54, 1.807) is 18.2 Å². The molecule has 1 aliphatic heterocycles. The monoisotopic (exact) mass is 470 g/mol. The fourth-order valence-corrected chi connectivity index (χ4v) is 4.60. The zero-order valence-corrected chi connectivity index (χ0v) is 19.1. The number of hydrogen-bond donors (Lipinski definition) is 1. The molecule has 5 nitrogen and oxygen atoms in total. The van der Waals surface area contributed by atoms with Crippen LogP contribution in [-0.2, 0) is 12.3 Å². The molecule has 1 aromatic heterocycles. The lowest BCUT2D eigenvalue weighted by Crippen LogP contribution is -2.30. The van der Waals surface area contributed by atoms with Crippen molar-refractivity contribution in [3.8, 4) is 0 Å². The smallest absolute Gasteiger partial charge is 0.251 e. The Morgan fingerprint density at radius 3 is 2.59 bits per heavy atom. The van der Waals surface area contributed by atoms with E-state index in [1.165, 1.54) is 43.2 Å². The highest BCUT2D eigenvalue weighted by atomic mass is 35.5. The molecule has 166 valence electrons. The Balaban J connectivity index is 1.37. The van der Waals surface area contributed by atoms with Gasteiger partial charge in [-0.1, -0.05) is 47.6 Å². The third-order valence-electron chi connectivity index (χ3n) is 5.26. The van der Waals surface area contributed by atoms with Gasteiger partial charge >= 0.3 is 0 Å². The van der Waals surface area contributed by atoms with Crippen molar-refractivity contribution in [2.45, 2.75) is 36.7 Å².